The second-order valence-electron chi connectivity index (χ2n) is 6.62. The molecule has 0 fully saturated rings. The molecule has 0 atom stereocenters. The average molecular weight is 412 g/mol. The number of aryl methyl sites for hydroxylation is 2. The number of nitrogens with zero attached hydrogens (tertiary/aromatic N) is 2. The van der Waals surface area contributed by atoms with Gasteiger partial charge in [-0.25, -0.2) is 0 Å². The smallest absolute Gasteiger partial charge is 0.0408 e. The lowest BCUT2D eigenvalue weighted by molar-refractivity contribution is 0.401. The van der Waals surface area contributed by atoms with E-state index in [1.807, 2.05) is 12.1 Å². The van der Waals surface area contributed by atoms with E-state index in [-0.39, 0.29) is 0 Å². The molecule has 0 heterocycles. The molecule has 0 aliphatic rings. The quantitative estimate of drug-likeness (QED) is 0.652. The average Bonchev–Trinajstić information content (AvgIpc) is 2.45. The molecule has 2 aromatic rings. The van der Waals surface area contributed by atoms with E-state index in [1.165, 1.54) is 22.3 Å². The maximum absolute atomic E-state index is 5.84. The Morgan fingerprint density at radius 3 is 1.67 bits per heavy atom. The summed E-state index contributed by atoms with van der Waals surface area (Å²) in [5, 5.41) is 0.815. The van der Waals surface area contributed by atoms with Gasteiger partial charge in [0.2, 0.25) is 0 Å². The van der Waals surface area contributed by atoms with Gasteiger partial charge in [0, 0.05) is 22.6 Å². The van der Waals surface area contributed by atoms with Crippen molar-refractivity contribution in [2.45, 2.75) is 26.9 Å². The van der Waals surface area contributed by atoms with Gasteiger partial charge in [-0.1, -0.05) is 39.7 Å². The lowest BCUT2D eigenvalue weighted by atomic mass is 10.1. The van der Waals surface area contributed by atoms with Gasteiger partial charge in [-0.15, -0.1) is 0 Å². The van der Waals surface area contributed by atoms with Gasteiger partial charge >= 0.3 is 0 Å². The molecule has 4 heteroatoms. The van der Waals surface area contributed by atoms with Crippen molar-refractivity contribution >= 4 is 27.5 Å². The first-order valence-corrected chi connectivity index (χ1v) is 9.15. The van der Waals surface area contributed by atoms with Crippen LogP contribution in [-0.2, 0) is 13.1 Å². The Morgan fingerprint density at radius 2 is 1.25 bits per heavy atom. The fourth-order valence-corrected chi connectivity index (χ4v) is 3.06. The molecule has 2 rings (SSSR count). The van der Waals surface area contributed by atoms with Gasteiger partial charge in [0.05, 0.1) is 0 Å². The first-order valence-electron chi connectivity index (χ1n) is 7.98. The van der Waals surface area contributed by atoms with Crippen LogP contribution in [0.2, 0.25) is 5.02 Å². The number of halogens is 2. The fraction of sp³-hybridized carbons (Fsp3) is 0.400. The van der Waals surface area contributed by atoms with Gasteiger partial charge in [-0.3, -0.25) is 0 Å². The molecule has 0 unspecified atom stereocenters. The minimum atomic E-state index is 0.815. The molecule has 0 bridgehead atoms. The number of hydrogen-bond donors (Lipinski definition) is 0. The SMILES string of the molecule is Cc1cc(Br)ccc1CN(C)C.Cc1cc(Cl)ccc1CN(C)C. The highest BCUT2D eigenvalue weighted by Crippen LogP contribution is 2.17. The lowest BCUT2D eigenvalue weighted by Gasteiger charge is -2.11. The minimum Gasteiger partial charge on any atom is -0.305 e. The van der Waals surface area contributed by atoms with Crippen LogP contribution >= 0.6 is 27.5 Å². The monoisotopic (exact) mass is 410 g/mol. The molecule has 2 nitrogen and oxygen atoms in total. The van der Waals surface area contributed by atoms with Crippen molar-refractivity contribution in [3.05, 3.63) is 68.1 Å². The van der Waals surface area contributed by atoms with E-state index in [2.05, 4.69) is 92.0 Å². The molecule has 0 aliphatic carbocycles. The minimum absolute atomic E-state index is 0.815. The van der Waals surface area contributed by atoms with Gasteiger partial charge < -0.3 is 9.80 Å². The summed E-state index contributed by atoms with van der Waals surface area (Å²) in [5.41, 5.74) is 5.34. The van der Waals surface area contributed by atoms with Crippen molar-refractivity contribution in [3.8, 4) is 0 Å². The van der Waals surface area contributed by atoms with E-state index in [0.717, 1.165) is 22.6 Å². The van der Waals surface area contributed by atoms with E-state index in [0.29, 0.717) is 0 Å². The van der Waals surface area contributed by atoms with Crippen molar-refractivity contribution < 1.29 is 0 Å². The first-order chi connectivity index (χ1) is 11.2. The Bertz CT molecular complexity index is 597. The summed E-state index contributed by atoms with van der Waals surface area (Å²) in [5.74, 6) is 0. The Labute approximate surface area is 160 Å². The molecule has 0 saturated carbocycles. The third kappa shape index (κ3) is 7.80. The summed E-state index contributed by atoms with van der Waals surface area (Å²) in [6, 6.07) is 12.4. The molecular weight excluding hydrogens is 384 g/mol. The van der Waals surface area contributed by atoms with Crippen LogP contribution in [0.5, 0.6) is 0 Å². The molecule has 0 aromatic heterocycles. The van der Waals surface area contributed by atoms with Gasteiger partial charge in [0.25, 0.3) is 0 Å². The van der Waals surface area contributed by atoms with Gasteiger partial charge in [-0.2, -0.15) is 0 Å². The zero-order valence-corrected chi connectivity index (χ0v) is 17.9. The number of benzene rings is 2. The summed E-state index contributed by atoms with van der Waals surface area (Å²) in [4.78, 5) is 4.33. The Kier molecular flexibility index (Phi) is 8.99. The van der Waals surface area contributed by atoms with Gasteiger partial charge in [0.15, 0.2) is 0 Å². The Morgan fingerprint density at radius 1 is 0.792 bits per heavy atom. The normalized spacial score (nSPS) is 10.8. The highest BCUT2D eigenvalue weighted by molar-refractivity contribution is 9.10. The fourth-order valence-electron chi connectivity index (χ4n) is 2.35. The Balaban J connectivity index is 0.000000240. The first kappa shape index (κ1) is 21.2. The lowest BCUT2D eigenvalue weighted by Crippen LogP contribution is -2.11. The van der Waals surface area contributed by atoms with Crippen molar-refractivity contribution in [1.29, 1.82) is 0 Å². The zero-order valence-electron chi connectivity index (χ0n) is 15.5. The van der Waals surface area contributed by atoms with Crippen LogP contribution in [0.25, 0.3) is 0 Å². The van der Waals surface area contributed by atoms with Crippen molar-refractivity contribution in [3.63, 3.8) is 0 Å². The molecule has 0 saturated heterocycles. The predicted octanol–water partition coefficient (Wildman–Crippen LogP) is 5.53. The topological polar surface area (TPSA) is 6.48 Å². The summed E-state index contributed by atoms with van der Waals surface area (Å²) in [6.07, 6.45) is 0. The van der Waals surface area contributed by atoms with Crippen LogP contribution in [0.3, 0.4) is 0 Å². The highest BCUT2D eigenvalue weighted by Gasteiger charge is 2.00. The van der Waals surface area contributed by atoms with Crippen molar-refractivity contribution in [1.82, 2.24) is 9.80 Å². The standard InChI is InChI=1S/C10H14BrN.C10H14ClN/c2*1-8-6-10(11)5-4-9(8)7-12(2)3/h2*4-6H,7H2,1-3H3. The molecular formula is C20H28BrClN2. The van der Waals surface area contributed by atoms with Gasteiger partial charge in [-0.05, 0) is 88.6 Å². The molecule has 0 N–H and O–H groups in total. The summed E-state index contributed by atoms with van der Waals surface area (Å²) in [7, 11) is 8.30. The van der Waals surface area contributed by atoms with Crippen LogP contribution in [0.15, 0.2) is 40.9 Å². The molecule has 132 valence electrons. The third-order valence-corrected chi connectivity index (χ3v) is 4.31. The molecule has 0 radical (unpaired) electrons. The van der Waals surface area contributed by atoms with E-state index >= 15 is 0 Å². The Hall–Kier alpha value is -0.870. The molecule has 0 aliphatic heterocycles. The summed E-state index contributed by atoms with van der Waals surface area (Å²) >= 11 is 9.29. The van der Waals surface area contributed by atoms with Crippen LogP contribution in [0, 0.1) is 13.8 Å². The summed E-state index contributed by atoms with van der Waals surface area (Å²) in [6.45, 7) is 6.22. The summed E-state index contributed by atoms with van der Waals surface area (Å²) < 4.78 is 1.16. The van der Waals surface area contributed by atoms with Crippen LogP contribution in [0.1, 0.15) is 22.3 Å². The largest absolute Gasteiger partial charge is 0.305 e. The van der Waals surface area contributed by atoms with E-state index in [9.17, 15) is 0 Å². The van der Waals surface area contributed by atoms with E-state index in [1.54, 1.807) is 0 Å². The van der Waals surface area contributed by atoms with Crippen molar-refractivity contribution in [2.75, 3.05) is 28.2 Å². The molecule has 0 amide bonds. The van der Waals surface area contributed by atoms with E-state index in [4.69, 9.17) is 11.6 Å². The van der Waals surface area contributed by atoms with Crippen LogP contribution in [0.4, 0.5) is 0 Å². The molecule has 24 heavy (non-hydrogen) atoms. The molecule has 0 spiro atoms. The van der Waals surface area contributed by atoms with Gasteiger partial charge in [0.1, 0.15) is 0 Å². The second kappa shape index (κ2) is 10.2. The second-order valence-corrected chi connectivity index (χ2v) is 7.97. The van der Waals surface area contributed by atoms with E-state index < -0.39 is 0 Å². The number of hydrogen-bond acceptors (Lipinski definition) is 2. The maximum Gasteiger partial charge on any atom is 0.0408 e. The highest BCUT2D eigenvalue weighted by atomic mass is 79.9. The molecule has 2 aromatic carbocycles. The zero-order chi connectivity index (χ0) is 18.3. The predicted molar refractivity (Wildman–Crippen MR) is 110 cm³/mol. The van der Waals surface area contributed by atoms with Crippen LogP contribution < -0.4 is 0 Å². The van der Waals surface area contributed by atoms with Crippen LogP contribution in [-0.4, -0.2) is 38.0 Å². The van der Waals surface area contributed by atoms with Crippen molar-refractivity contribution in [2.24, 2.45) is 0 Å². The maximum atomic E-state index is 5.84. The third-order valence-electron chi connectivity index (χ3n) is 3.58. The number of rotatable bonds is 4.